The van der Waals surface area contributed by atoms with E-state index in [1.807, 2.05) is 24.0 Å². The number of hydrogen-bond donors (Lipinski definition) is 1. The van der Waals surface area contributed by atoms with Crippen LogP contribution in [-0.2, 0) is 19.3 Å². The van der Waals surface area contributed by atoms with Crippen molar-refractivity contribution in [2.24, 2.45) is 0 Å². The summed E-state index contributed by atoms with van der Waals surface area (Å²) in [6.07, 6.45) is 4.81. The SMILES string of the molecule is CCc1nn(-c2cc(C)ccn2)c(CC)c1CCNC. The lowest BCUT2D eigenvalue weighted by molar-refractivity contribution is 0.762. The Kier molecular flexibility index (Phi) is 4.90. The van der Waals surface area contributed by atoms with Crippen molar-refractivity contribution < 1.29 is 0 Å². The normalized spacial score (nSPS) is 11.0. The van der Waals surface area contributed by atoms with Crippen LogP contribution in [0.25, 0.3) is 5.82 Å². The highest BCUT2D eigenvalue weighted by Crippen LogP contribution is 2.20. The van der Waals surface area contributed by atoms with Gasteiger partial charge in [-0.3, -0.25) is 0 Å². The molecule has 0 aliphatic carbocycles. The van der Waals surface area contributed by atoms with Gasteiger partial charge < -0.3 is 5.32 Å². The highest BCUT2D eigenvalue weighted by Gasteiger charge is 2.16. The van der Waals surface area contributed by atoms with E-state index in [1.54, 1.807) is 0 Å². The van der Waals surface area contributed by atoms with Gasteiger partial charge in [-0.1, -0.05) is 13.8 Å². The lowest BCUT2D eigenvalue weighted by Gasteiger charge is -2.07. The quantitative estimate of drug-likeness (QED) is 0.878. The van der Waals surface area contributed by atoms with Gasteiger partial charge in [0.1, 0.15) is 0 Å². The van der Waals surface area contributed by atoms with Crippen LogP contribution in [0.4, 0.5) is 0 Å². The zero-order chi connectivity index (χ0) is 14.5. The zero-order valence-electron chi connectivity index (χ0n) is 12.9. The number of aryl methyl sites for hydroxylation is 2. The molecule has 0 amide bonds. The fraction of sp³-hybridized carbons (Fsp3) is 0.500. The number of rotatable bonds is 6. The Labute approximate surface area is 121 Å². The van der Waals surface area contributed by atoms with Crippen LogP contribution in [0.5, 0.6) is 0 Å². The lowest BCUT2D eigenvalue weighted by Crippen LogP contribution is -2.12. The van der Waals surface area contributed by atoms with Gasteiger partial charge in [-0.05, 0) is 63.0 Å². The van der Waals surface area contributed by atoms with E-state index in [9.17, 15) is 0 Å². The number of hydrogen-bond acceptors (Lipinski definition) is 3. The van der Waals surface area contributed by atoms with Gasteiger partial charge in [0, 0.05) is 11.9 Å². The van der Waals surface area contributed by atoms with Crippen molar-refractivity contribution in [3.63, 3.8) is 0 Å². The largest absolute Gasteiger partial charge is 0.319 e. The Morgan fingerprint density at radius 1 is 1.25 bits per heavy atom. The lowest BCUT2D eigenvalue weighted by atomic mass is 10.1. The van der Waals surface area contributed by atoms with Gasteiger partial charge in [0.25, 0.3) is 0 Å². The van der Waals surface area contributed by atoms with Crippen molar-refractivity contribution in [2.45, 2.75) is 40.0 Å². The fourth-order valence-corrected chi connectivity index (χ4v) is 2.55. The van der Waals surface area contributed by atoms with E-state index in [4.69, 9.17) is 5.10 Å². The molecule has 0 unspecified atom stereocenters. The summed E-state index contributed by atoms with van der Waals surface area (Å²) in [5.41, 5.74) is 5.07. The van der Waals surface area contributed by atoms with Crippen LogP contribution >= 0.6 is 0 Å². The van der Waals surface area contributed by atoms with Crippen LogP contribution in [0, 0.1) is 6.92 Å². The Balaban J connectivity index is 2.50. The molecule has 0 aliphatic heterocycles. The first-order valence-electron chi connectivity index (χ1n) is 7.38. The minimum atomic E-state index is 0.923. The first-order chi connectivity index (χ1) is 9.71. The molecule has 0 bridgehead atoms. The third-order valence-corrected chi connectivity index (χ3v) is 3.59. The molecule has 1 N–H and O–H groups in total. The molecular weight excluding hydrogens is 248 g/mol. The maximum absolute atomic E-state index is 4.79. The monoisotopic (exact) mass is 272 g/mol. The second-order valence-corrected chi connectivity index (χ2v) is 5.04. The molecule has 4 heteroatoms. The summed E-state index contributed by atoms with van der Waals surface area (Å²) in [7, 11) is 1.99. The van der Waals surface area contributed by atoms with Crippen LogP contribution < -0.4 is 5.32 Å². The maximum Gasteiger partial charge on any atom is 0.153 e. The van der Waals surface area contributed by atoms with Crippen molar-refractivity contribution in [2.75, 3.05) is 13.6 Å². The molecule has 2 rings (SSSR count). The van der Waals surface area contributed by atoms with Crippen LogP contribution in [-0.4, -0.2) is 28.4 Å². The molecule has 0 aromatic carbocycles. The van der Waals surface area contributed by atoms with Crippen molar-refractivity contribution in [3.05, 3.63) is 40.8 Å². The average molecular weight is 272 g/mol. The van der Waals surface area contributed by atoms with E-state index >= 15 is 0 Å². The first-order valence-corrected chi connectivity index (χ1v) is 7.38. The van der Waals surface area contributed by atoms with Crippen LogP contribution in [0.2, 0.25) is 0 Å². The minimum absolute atomic E-state index is 0.923. The summed E-state index contributed by atoms with van der Waals surface area (Å²) < 4.78 is 2.02. The third-order valence-electron chi connectivity index (χ3n) is 3.59. The molecule has 0 fully saturated rings. The smallest absolute Gasteiger partial charge is 0.153 e. The Hall–Kier alpha value is -1.68. The molecule has 0 aliphatic rings. The van der Waals surface area contributed by atoms with E-state index in [0.717, 1.165) is 31.6 Å². The van der Waals surface area contributed by atoms with Gasteiger partial charge in [-0.15, -0.1) is 0 Å². The second-order valence-electron chi connectivity index (χ2n) is 5.04. The van der Waals surface area contributed by atoms with Crippen molar-refractivity contribution in [1.82, 2.24) is 20.1 Å². The number of pyridine rings is 1. The maximum atomic E-state index is 4.79. The summed E-state index contributed by atoms with van der Waals surface area (Å²) in [5.74, 6) is 0.923. The van der Waals surface area contributed by atoms with Crippen molar-refractivity contribution >= 4 is 0 Å². The molecule has 2 aromatic heterocycles. The summed E-state index contributed by atoms with van der Waals surface area (Å²) in [6.45, 7) is 7.42. The molecular formula is C16H24N4. The standard InChI is InChI=1S/C16H24N4/c1-5-14-13(8-9-17-4)15(6-2)20(19-14)16-11-12(3)7-10-18-16/h7,10-11,17H,5-6,8-9H2,1-4H3. The van der Waals surface area contributed by atoms with E-state index < -0.39 is 0 Å². The van der Waals surface area contributed by atoms with Crippen molar-refractivity contribution in [3.8, 4) is 5.82 Å². The van der Waals surface area contributed by atoms with Crippen LogP contribution in [0.15, 0.2) is 18.3 Å². The number of aromatic nitrogens is 3. The van der Waals surface area contributed by atoms with E-state index in [-0.39, 0.29) is 0 Å². The Bertz CT molecular complexity index is 572. The predicted molar refractivity (Wildman–Crippen MR) is 82.5 cm³/mol. The molecule has 0 radical (unpaired) electrons. The Morgan fingerprint density at radius 2 is 2.05 bits per heavy atom. The third kappa shape index (κ3) is 2.90. The second kappa shape index (κ2) is 6.66. The van der Waals surface area contributed by atoms with Gasteiger partial charge >= 0.3 is 0 Å². The Morgan fingerprint density at radius 3 is 2.65 bits per heavy atom. The highest BCUT2D eigenvalue weighted by molar-refractivity contribution is 5.35. The van der Waals surface area contributed by atoms with Crippen molar-refractivity contribution in [1.29, 1.82) is 0 Å². The summed E-state index contributed by atoms with van der Waals surface area (Å²) in [4.78, 5) is 4.47. The first kappa shape index (κ1) is 14.7. The van der Waals surface area contributed by atoms with Gasteiger partial charge in [0.15, 0.2) is 5.82 Å². The minimum Gasteiger partial charge on any atom is -0.319 e. The summed E-state index contributed by atoms with van der Waals surface area (Å²) >= 11 is 0. The molecule has 20 heavy (non-hydrogen) atoms. The van der Waals surface area contributed by atoms with E-state index in [1.165, 1.54) is 22.5 Å². The molecule has 0 saturated heterocycles. The topological polar surface area (TPSA) is 42.7 Å². The molecule has 2 heterocycles. The average Bonchev–Trinajstić information content (AvgIpc) is 2.82. The van der Waals surface area contributed by atoms with E-state index in [2.05, 4.69) is 37.1 Å². The van der Waals surface area contributed by atoms with Gasteiger partial charge in [0.05, 0.1) is 5.69 Å². The molecule has 0 atom stereocenters. The molecule has 2 aromatic rings. The molecule has 0 spiro atoms. The van der Waals surface area contributed by atoms with Crippen LogP contribution in [0.1, 0.15) is 36.4 Å². The van der Waals surface area contributed by atoms with Gasteiger partial charge in [-0.25, -0.2) is 9.67 Å². The zero-order valence-corrected chi connectivity index (χ0v) is 12.9. The fourth-order valence-electron chi connectivity index (χ4n) is 2.55. The summed E-state index contributed by atoms with van der Waals surface area (Å²) in [5, 5.41) is 8.01. The molecule has 4 nitrogen and oxygen atoms in total. The molecule has 0 saturated carbocycles. The predicted octanol–water partition coefficient (Wildman–Crippen LogP) is 2.46. The van der Waals surface area contributed by atoms with E-state index in [0.29, 0.717) is 0 Å². The number of likely N-dealkylation sites (N-methyl/N-ethyl adjacent to an activating group) is 1. The number of nitrogens with one attached hydrogen (secondary N) is 1. The van der Waals surface area contributed by atoms with Gasteiger partial charge in [0.2, 0.25) is 0 Å². The van der Waals surface area contributed by atoms with Gasteiger partial charge in [-0.2, -0.15) is 5.10 Å². The summed E-state index contributed by atoms with van der Waals surface area (Å²) in [6, 6.07) is 4.11. The molecule has 108 valence electrons. The number of nitrogens with zero attached hydrogens (tertiary/aromatic N) is 3. The van der Waals surface area contributed by atoms with Crippen LogP contribution in [0.3, 0.4) is 0 Å². The highest BCUT2D eigenvalue weighted by atomic mass is 15.3.